The number of unbranched alkanes of at least 4 members (excludes halogenated alkanes) is 1. The van der Waals surface area contributed by atoms with Crippen molar-refractivity contribution in [2.45, 2.75) is 82.0 Å². The van der Waals surface area contributed by atoms with Gasteiger partial charge in [0.2, 0.25) is 35.4 Å². The summed E-state index contributed by atoms with van der Waals surface area (Å²) in [5.41, 5.74) is 17.8. The zero-order valence-corrected chi connectivity index (χ0v) is 33.0. The third-order valence-electron chi connectivity index (χ3n) is 9.52. The molecule has 0 spiro atoms. The minimum absolute atomic E-state index is 0.00713. The third kappa shape index (κ3) is 13.7. The topological polar surface area (TPSA) is 314 Å². The van der Waals surface area contributed by atoms with Crippen LogP contribution in [0.3, 0.4) is 0 Å². The molecule has 5 atom stereocenters. The van der Waals surface area contributed by atoms with E-state index in [1.807, 2.05) is 24.3 Å². The van der Waals surface area contributed by atoms with Gasteiger partial charge in [-0.3, -0.25) is 43.3 Å². The number of aliphatic imine (C=N–C) groups is 1. The van der Waals surface area contributed by atoms with E-state index in [0.717, 1.165) is 10.9 Å². The van der Waals surface area contributed by atoms with E-state index < -0.39 is 96.7 Å². The molecule has 0 radical (unpaired) electrons. The van der Waals surface area contributed by atoms with Crippen molar-refractivity contribution in [2.75, 3.05) is 31.1 Å². The number of Topliss-reactive ketones (excluding diaryl/α,β-unsaturated/α-hetero) is 1. The highest BCUT2D eigenvalue weighted by molar-refractivity contribution is 8.76. The standard InChI is InChI=1S/C36H50N10O9S2/c37-31(51)27-19-57-56-13-10-29(48)43-25(8-3-4-11-40-36(38)39)33(53)42-18-22(47)14-20(16-30(49)50)32(52)44-26(15-21-17-41-24-7-2-1-6-23(21)24)35(55)46-12-5-9-28(46)34(54)45-27/h1-2,6-7,17,20,25-28,41H,3-5,8-16,18-19H2,(H2,37,51)(H,42,53)(H,43,48)(H,44,52)(H,45,54)(H,49,50)(H4,38,39,40)/t20-,25-,26-,27-,28-/m0/s1. The fourth-order valence-corrected chi connectivity index (χ4v) is 8.78. The first kappa shape index (κ1) is 44.4. The second-order valence-corrected chi connectivity index (χ2v) is 16.4. The number of guanidine groups is 1. The predicted molar refractivity (Wildman–Crippen MR) is 214 cm³/mol. The molecule has 2 fully saturated rings. The van der Waals surface area contributed by atoms with Crippen LogP contribution in [0.4, 0.5) is 0 Å². The number of hydrogen-bond donors (Lipinski definition) is 9. The number of fused-ring (bicyclic) bond motifs is 2. The van der Waals surface area contributed by atoms with E-state index in [1.54, 1.807) is 6.20 Å². The molecule has 2 saturated heterocycles. The lowest BCUT2D eigenvalue weighted by molar-refractivity contribution is -0.144. The molecule has 0 aliphatic carbocycles. The molecule has 2 aliphatic heterocycles. The van der Waals surface area contributed by atoms with Crippen molar-refractivity contribution in [3.05, 3.63) is 36.0 Å². The number of ketones is 1. The van der Waals surface area contributed by atoms with E-state index in [2.05, 4.69) is 31.2 Å². The molecular formula is C36H50N10O9S2. The van der Waals surface area contributed by atoms with E-state index in [0.29, 0.717) is 31.4 Å². The number of primary amides is 1. The summed E-state index contributed by atoms with van der Waals surface area (Å²) in [5, 5.41) is 21.0. The summed E-state index contributed by atoms with van der Waals surface area (Å²) in [6, 6.07) is 2.88. The van der Waals surface area contributed by atoms with Crippen LogP contribution in [0.2, 0.25) is 0 Å². The first-order valence-electron chi connectivity index (χ1n) is 18.6. The number of para-hydroxylation sites is 1. The second kappa shape index (κ2) is 21.8. The van der Waals surface area contributed by atoms with Crippen LogP contribution in [0.25, 0.3) is 10.9 Å². The fraction of sp³-hybridized carbons (Fsp3) is 0.528. The van der Waals surface area contributed by atoms with Crippen molar-refractivity contribution in [1.82, 2.24) is 31.2 Å². The van der Waals surface area contributed by atoms with Crippen LogP contribution in [-0.2, 0) is 44.8 Å². The van der Waals surface area contributed by atoms with Gasteiger partial charge in [0.25, 0.3) is 0 Å². The Balaban J connectivity index is 1.61. The minimum Gasteiger partial charge on any atom is -0.481 e. The van der Waals surface area contributed by atoms with Crippen molar-refractivity contribution in [3.63, 3.8) is 0 Å². The molecule has 0 saturated carbocycles. The van der Waals surface area contributed by atoms with Crippen molar-refractivity contribution < 1.29 is 43.5 Å². The van der Waals surface area contributed by atoms with E-state index >= 15 is 0 Å². The molecule has 0 unspecified atom stereocenters. The second-order valence-electron chi connectivity index (χ2n) is 13.8. The highest BCUT2D eigenvalue weighted by atomic mass is 33.1. The molecule has 310 valence electrons. The fourth-order valence-electron chi connectivity index (χ4n) is 6.61. The molecule has 2 aromatic rings. The number of aromatic amines is 1. The van der Waals surface area contributed by atoms with Crippen LogP contribution in [0.1, 0.15) is 56.9 Å². The molecule has 0 bridgehead atoms. The molecule has 2 aliphatic rings. The number of carboxylic acid groups (broad SMARTS) is 1. The average molecular weight is 831 g/mol. The Kier molecular flexibility index (Phi) is 17.0. The summed E-state index contributed by atoms with van der Waals surface area (Å²) in [5.74, 6) is -7.23. The molecule has 1 aromatic carbocycles. The number of aromatic nitrogens is 1. The largest absolute Gasteiger partial charge is 0.481 e. The van der Waals surface area contributed by atoms with Gasteiger partial charge in [0.15, 0.2) is 11.7 Å². The summed E-state index contributed by atoms with van der Waals surface area (Å²) in [4.78, 5) is 114. The Labute approximate surface area is 336 Å². The van der Waals surface area contributed by atoms with E-state index in [4.69, 9.17) is 17.2 Å². The quantitative estimate of drug-likeness (QED) is 0.0604. The van der Waals surface area contributed by atoms with Crippen LogP contribution in [0.5, 0.6) is 0 Å². The Hall–Kier alpha value is -5.31. The summed E-state index contributed by atoms with van der Waals surface area (Å²) in [7, 11) is 2.46. The Morgan fingerprint density at radius 3 is 2.44 bits per heavy atom. The lowest BCUT2D eigenvalue weighted by atomic mass is 9.96. The molecule has 57 heavy (non-hydrogen) atoms. The number of benzene rings is 1. The summed E-state index contributed by atoms with van der Waals surface area (Å²) < 4.78 is 0. The maximum atomic E-state index is 14.3. The third-order valence-corrected chi connectivity index (χ3v) is 11.9. The summed E-state index contributed by atoms with van der Waals surface area (Å²) >= 11 is 0. The number of H-pyrrole nitrogens is 1. The van der Waals surface area contributed by atoms with Gasteiger partial charge in [-0.05, 0) is 43.7 Å². The lowest BCUT2D eigenvalue weighted by Crippen LogP contribution is -2.57. The smallest absolute Gasteiger partial charge is 0.304 e. The molecule has 12 N–H and O–H groups in total. The van der Waals surface area contributed by atoms with Gasteiger partial charge in [-0.2, -0.15) is 0 Å². The van der Waals surface area contributed by atoms with Crippen molar-refractivity contribution in [3.8, 4) is 0 Å². The van der Waals surface area contributed by atoms with E-state index in [1.165, 1.54) is 26.5 Å². The predicted octanol–water partition coefficient (Wildman–Crippen LogP) is -0.964. The summed E-state index contributed by atoms with van der Waals surface area (Å²) in [6.45, 7) is -0.0961. The first-order chi connectivity index (χ1) is 27.2. The SMILES string of the molecule is NC(=O)[C@@H]1CSSCCC(=O)N[C@@H](CCCCN=C(N)N)C(=O)NCC(=O)C[C@@H](CC(=O)O)C(=O)N[C@@H](Cc2c[nH]c3ccccc23)C(=O)N2CCC[C@H]2C(=O)N1. The number of rotatable bonds is 10. The van der Waals surface area contributed by atoms with Crippen molar-refractivity contribution >= 4 is 85.6 Å². The number of nitrogens with two attached hydrogens (primary N) is 3. The number of hydrogen-bond acceptors (Lipinski definition) is 11. The Bertz CT molecular complexity index is 1840. The average Bonchev–Trinajstić information content (AvgIpc) is 3.82. The van der Waals surface area contributed by atoms with Crippen LogP contribution < -0.4 is 38.5 Å². The minimum atomic E-state index is -1.43. The Morgan fingerprint density at radius 1 is 0.930 bits per heavy atom. The number of nitrogens with zero attached hydrogens (tertiary/aromatic N) is 2. The highest BCUT2D eigenvalue weighted by Crippen LogP contribution is 2.25. The van der Waals surface area contributed by atoms with Gasteiger partial charge in [0.05, 0.1) is 18.9 Å². The molecule has 3 heterocycles. The van der Waals surface area contributed by atoms with Gasteiger partial charge < -0.3 is 53.5 Å². The van der Waals surface area contributed by atoms with Crippen LogP contribution in [-0.4, -0.2) is 123 Å². The normalized spacial score (nSPS) is 23.8. The number of carbonyl (C=O) groups is 8. The van der Waals surface area contributed by atoms with Gasteiger partial charge in [0.1, 0.15) is 24.2 Å². The number of carboxylic acids is 1. The van der Waals surface area contributed by atoms with Gasteiger partial charge in [-0.25, -0.2) is 0 Å². The van der Waals surface area contributed by atoms with E-state index in [-0.39, 0.29) is 49.7 Å². The zero-order valence-electron chi connectivity index (χ0n) is 31.3. The Morgan fingerprint density at radius 2 is 1.70 bits per heavy atom. The molecule has 6 amide bonds. The van der Waals surface area contributed by atoms with Gasteiger partial charge in [-0.1, -0.05) is 39.8 Å². The van der Waals surface area contributed by atoms with Gasteiger partial charge in [-0.15, -0.1) is 0 Å². The molecular weight excluding hydrogens is 781 g/mol. The molecule has 21 heteroatoms. The number of amides is 6. The van der Waals surface area contributed by atoms with Crippen molar-refractivity contribution in [1.29, 1.82) is 0 Å². The number of aliphatic carboxylic acids is 1. The number of carbonyl (C=O) groups excluding carboxylic acids is 7. The van der Waals surface area contributed by atoms with E-state index in [9.17, 15) is 43.5 Å². The summed E-state index contributed by atoms with van der Waals surface area (Å²) in [6.07, 6.45) is 2.14. The molecule has 1 aromatic heterocycles. The zero-order chi connectivity index (χ0) is 41.5. The molecule has 4 rings (SSSR count). The maximum Gasteiger partial charge on any atom is 0.304 e. The van der Waals surface area contributed by atoms with Gasteiger partial charge >= 0.3 is 5.97 Å². The lowest BCUT2D eigenvalue weighted by Gasteiger charge is -2.30. The molecule has 19 nitrogen and oxygen atoms in total. The maximum absolute atomic E-state index is 14.3. The van der Waals surface area contributed by atoms with Crippen molar-refractivity contribution in [2.24, 2.45) is 28.1 Å². The number of nitrogens with one attached hydrogen (secondary N) is 5. The van der Waals surface area contributed by atoms with Crippen LogP contribution in [0.15, 0.2) is 35.5 Å². The van der Waals surface area contributed by atoms with Gasteiger partial charge in [0, 0.05) is 61.0 Å². The highest BCUT2D eigenvalue weighted by Gasteiger charge is 2.40. The van der Waals surface area contributed by atoms with Crippen LogP contribution >= 0.6 is 21.6 Å². The monoisotopic (exact) mass is 830 g/mol. The van der Waals surface area contributed by atoms with Crippen LogP contribution in [0, 0.1) is 5.92 Å². The first-order valence-corrected chi connectivity index (χ1v) is 21.1.